The quantitative estimate of drug-likeness (QED) is 0.169. The number of hydrogen-bond acceptors (Lipinski definition) is 7. The van der Waals surface area contributed by atoms with Crippen LogP contribution in [0, 0.1) is 22.7 Å². The molecule has 48 heavy (non-hydrogen) atoms. The molecule has 9 nitrogen and oxygen atoms in total. The third kappa shape index (κ3) is 5.76. The summed E-state index contributed by atoms with van der Waals surface area (Å²) in [6.07, 6.45) is 0. The standard InChI is InChI=1S/C39H27N7O2/c1-47-32-18-14-30(15-19-32)36-22-34(28-10-6-26(24-40)7-11-28)43-45(36)38-4-3-5-39(42-38)46-37(31-16-20-33(48-2)21-17-31)23-35(44-46)29-12-8-27(25-41)9-13-29/h3-23H,1-2H3. The molecular formula is C39H27N7O2. The molecule has 230 valence electrons. The highest BCUT2D eigenvalue weighted by atomic mass is 16.5. The second-order valence-electron chi connectivity index (χ2n) is 10.8. The molecule has 4 aromatic carbocycles. The third-order valence-electron chi connectivity index (χ3n) is 7.96. The van der Waals surface area contributed by atoms with Gasteiger partial charge in [0.1, 0.15) is 11.5 Å². The van der Waals surface area contributed by atoms with E-state index in [1.54, 1.807) is 38.5 Å². The lowest BCUT2D eigenvalue weighted by Crippen LogP contribution is -2.07. The number of rotatable bonds is 8. The van der Waals surface area contributed by atoms with E-state index in [0.29, 0.717) is 22.8 Å². The Kier molecular flexibility index (Phi) is 7.92. The van der Waals surface area contributed by atoms with E-state index in [0.717, 1.165) is 56.5 Å². The van der Waals surface area contributed by atoms with E-state index in [1.807, 2.05) is 112 Å². The van der Waals surface area contributed by atoms with Crippen molar-refractivity contribution >= 4 is 0 Å². The van der Waals surface area contributed by atoms with Gasteiger partial charge in [0.15, 0.2) is 11.6 Å². The van der Waals surface area contributed by atoms with Crippen LogP contribution >= 0.6 is 0 Å². The molecule has 7 aromatic rings. The normalized spacial score (nSPS) is 10.7. The SMILES string of the molecule is COc1ccc(-c2cc(-c3ccc(C#N)cc3)nn2-c2cccc(-n3nc(-c4ccc(C#N)cc4)cc3-c3ccc(OC)cc3)n2)cc1. The number of pyridine rings is 1. The Hall–Kier alpha value is -6.97. The Morgan fingerprint density at radius 1 is 0.500 bits per heavy atom. The molecule has 0 fully saturated rings. The van der Waals surface area contributed by atoms with Crippen molar-refractivity contribution in [3.63, 3.8) is 0 Å². The van der Waals surface area contributed by atoms with Crippen molar-refractivity contribution < 1.29 is 9.47 Å². The molecule has 0 bridgehead atoms. The topological polar surface area (TPSA) is 115 Å². The van der Waals surface area contributed by atoms with Gasteiger partial charge in [-0.05, 0) is 97.1 Å². The Labute approximate surface area is 277 Å². The lowest BCUT2D eigenvalue weighted by atomic mass is 10.1. The number of nitriles is 2. The summed E-state index contributed by atoms with van der Waals surface area (Å²) in [6, 6.07) is 44.4. The molecule has 0 unspecified atom stereocenters. The minimum atomic E-state index is 0.579. The maximum absolute atomic E-state index is 9.30. The predicted molar refractivity (Wildman–Crippen MR) is 183 cm³/mol. The average molecular weight is 626 g/mol. The van der Waals surface area contributed by atoms with Crippen LogP contribution in [0.15, 0.2) is 127 Å². The number of hydrogen-bond donors (Lipinski definition) is 0. The van der Waals surface area contributed by atoms with Crippen LogP contribution in [-0.4, -0.2) is 38.8 Å². The second-order valence-corrected chi connectivity index (χ2v) is 10.8. The monoisotopic (exact) mass is 625 g/mol. The van der Waals surface area contributed by atoms with Gasteiger partial charge in [-0.25, -0.2) is 14.3 Å². The van der Waals surface area contributed by atoms with Crippen molar-refractivity contribution in [3.05, 3.63) is 139 Å². The summed E-state index contributed by atoms with van der Waals surface area (Å²) in [6.45, 7) is 0. The van der Waals surface area contributed by atoms with E-state index in [9.17, 15) is 10.5 Å². The Morgan fingerprint density at radius 2 is 0.875 bits per heavy atom. The summed E-state index contributed by atoms with van der Waals surface area (Å²) in [7, 11) is 3.28. The number of aromatic nitrogens is 5. The molecule has 0 aliphatic heterocycles. The summed E-state index contributed by atoms with van der Waals surface area (Å²) in [5.74, 6) is 2.68. The van der Waals surface area contributed by atoms with E-state index in [2.05, 4.69) is 12.1 Å². The van der Waals surface area contributed by atoms with E-state index in [-0.39, 0.29) is 0 Å². The molecule has 0 saturated heterocycles. The van der Waals surface area contributed by atoms with Crippen molar-refractivity contribution in [1.82, 2.24) is 24.5 Å². The van der Waals surface area contributed by atoms with E-state index in [1.165, 1.54) is 0 Å². The zero-order valence-corrected chi connectivity index (χ0v) is 26.1. The molecule has 0 amide bonds. The van der Waals surface area contributed by atoms with Gasteiger partial charge < -0.3 is 9.47 Å². The minimum absolute atomic E-state index is 0.579. The first kappa shape index (κ1) is 29.7. The third-order valence-corrected chi connectivity index (χ3v) is 7.96. The van der Waals surface area contributed by atoms with Crippen molar-refractivity contribution in [1.29, 1.82) is 10.5 Å². The van der Waals surface area contributed by atoms with Crippen molar-refractivity contribution in [2.75, 3.05) is 14.2 Å². The Morgan fingerprint density at radius 3 is 1.23 bits per heavy atom. The first-order chi connectivity index (χ1) is 23.6. The summed E-state index contributed by atoms with van der Waals surface area (Å²) in [4.78, 5) is 5.09. The van der Waals surface area contributed by atoms with Gasteiger partial charge in [0.25, 0.3) is 0 Å². The van der Waals surface area contributed by atoms with Crippen LogP contribution in [-0.2, 0) is 0 Å². The highest BCUT2D eigenvalue weighted by Gasteiger charge is 2.18. The van der Waals surface area contributed by atoms with Gasteiger partial charge in [-0.1, -0.05) is 30.3 Å². The number of methoxy groups -OCH3 is 2. The molecule has 9 heteroatoms. The van der Waals surface area contributed by atoms with Crippen LogP contribution in [0.1, 0.15) is 11.1 Å². The van der Waals surface area contributed by atoms with Crippen molar-refractivity contribution in [3.8, 4) is 80.3 Å². The van der Waals surface area contributed by atoms with Crippen LogP contribution in [0.3, 0.4) is 0 Å². The van der Waals surface area contributed by atoms with Gasteiger partial charge in [0.05, 0.1) is 60.3 Å². The Bertz CT molecular complexity index is 2140. The van der Waals surface area contributed by atoms with Crippen LogP contribution in [0.2, 0.25) is 0 Å². The maximum atomic E-state index is 9.30. The summed E-state index contributed by atoms with van der Waals surface area (Å²) < 4.78 is 14.4. The first-order valence-corrected chi connectivity index (χ1v) is 15.0. The summed E-state index contributed by atoms with van der Waals surface area (Å²) >= 11 is 0. The van der Waals surface area contributed by atoms with E-state index >= 15 is 0 Å². The smallest absolute Gasteiger partial charge is 0.156 e. The molecule has 7 rings (SSSR count). The molecule has 0 aliphatic rings. The molecule has 0 atom stereocenters. The van der Waals surface area contributed by atoms with Crippen LogP contribution in [0.5, 0.6) is 11.5 Å². The van der Waals surface area contributed by atoms with Gasteiger partial charge in [-0.3, -0.25) is 0 Å². The van der Waals surface area contributed by atoms with Gasteiger partial charge in [-0.2, -0.15) is 20.7 Å². The number of benzene rings is 4. The Balaban J connectivity index is 1.37. The van der Waals surface area contributed by atoms with Crippen molar-refractivity contribution in [2.45, 2.75) is 0 Å². The fraction of sp³-hybridized carbons (Fsp3) is 0.0513. The predicted octanol–water partition coefficient (Wildman–Crippen LogP) is 7.88. The van der Waals surface area contributed by atoms with E-state index in [4.69, 9.17) is 24.7 Å². The van der Waals surface area contributed by atoms with Gasteiger partial charge >= 0.3 is 0 Å². The number of nitrogens with zero attached hydrogens (tertiary/aromatic N) is 7. The zero-order chi connectivity index (χ0) is 33.0. The minimum Gasteiger partial charge on any atom is -0.497 e. The zero-order valence-electron chi connectivity index (χ0n) is 26.1. The fourth-order valence-corrected chi connectivity index (χ4v) is 5.41. The second kappa shape index (κ2) is 12.8. The largest absolute Gasteiger partial charge is 0.497 e. The van der Waals surface area contributed by atoms with Crippen LogP contribution in [0.4, 0.5) is 0 Å². The molecule has 0 spiro atoms. The van der Waals surface area contributed by atoms with Gasteiger partial charge in [0.2, 0.25) is 0 Å². The lowest BCUT2D eigenvalue weighted by molar-refractivity contribution is 0.415. The average Bonchev–Trinajstić information content (AvgIpc) is 3.81. The van der Waals surface area contributed by atoms with Crippen LogP contribution in [0.25, 0.3) is 56.7 Å². The van der Waals surface area contributed by atoms with Crippen molar-refractivity contribution in [2.24, 2.45) is 0 Å². The molecular weight excluding hydrogens is 598 g/mol. The fourth-order valence-electron chi connectivity index (χ4n) is 5.41. The summed E-state index contributed by atoms with van der Waals surface area (Å²) in [5, 5.41) is 28.6. The summed E-state index contributed by atoms with van der Waals surface area (Å²) in [5.41, 5.74) is 7.89. The van der Waals surface area contributed by atoms with Crippen LogP contribution < -0.4 is 9.47 Å². The molecule has 3 heterocycles. The maximum Gasteiger partial charge on any atom is 0.156 e. The molecule has 3 aromatic heterocycles. The molecule has 0 radical (unpaired) electrons. The highest BCUT2D eigenvalue weighted by molar-refractivity contribution is 5.73. The van der Waals surface area contributed by atoms with Gasteiger partial charge in [-0.15, -0.1) is 0 Å². The van der Waals surface area contributed by atoms with E-state index < -0.39 is 0 Å². The highest BCUT2D eigenvalue weighted by Crippen LogP contribution is 2.32. The molecule has 0 saturated carbocycles. The number of ether oxygens (including phenoxy) is 2. The molecule has 0 aliphatic carbocycles. The lowest BCUT2D eigenvalue weighted by Gasteiger charge is -2.11. The first-order valence-electron chi connectivity index (χ1n) is 15.0. The van der Waals surface area contributed by atoms with Gasteiger partial charge in [0, 0.05) is 22.3 Å². The molecule has 0 N–H and O–H groups in total.